The minimum Gasteiger partial charge on any atom is -0.543 e. The van der Waals surface area contributed by atoms with Gasteiger partial charge in [-0.1, -0.05) is 0 Å². The SMILES string of the molecule is Cc1cc(C)n(-c2nc(C(=O)[O-])cs2)n1. The number of thiazole rings is 1. The maximum Gasteiger partial charge on any atom is 0.211 e. The lowest BCUT2D eigenvalue weighted by molar-refractivity contribution is -0.255. The Morgan fingerprint density at radius 2 is 2.27 bits per heavy atom. The Kier molecular flexibility index (Phi) is 2.28. The van der Waals surface area contributed by atoms with E-state index in [1.54, 1.807) is 4.68 Å². The summed E-state index contributed by atoms with van der Waals surface area (Å²) in [5, 5.41) is 16.7. The number of hydrogen-bond acceptors (Lipinski definition) is 5. The molecule has 2 aromatic rings. The first-order chi connectivity index (χ1) is 7.08. The molecule has 2 aromatic heterocycles. The smallest absolute Gasteiger partial charge is 0.211 e. The minimum atomic E-state index is -1.26. The monoisotopic (exact) mass is 222 g/mol. The van der Waals surface area contributed by atoms with E-state index in [0.29, 0.717) is 5.13 Å². The summed E-state index contributed by atoms with van der Waals surface area (Å²) in [5.41, 5.74) is 1.74. The van der Waals surface area contributed by atoms with Gasteiger partial charge in [-0.2, -0.15) is 5.10 Å². The molecule has 0 unspecified atom stereocenters. The Morgan fingerprint density at radius 3 is 2.73 bits per heavy atom. The number of carboxylic acids is 1. The van der Waals surface area contributed by atoms with Crippen molar-refractivity contribution in [2.75, 3.05) is 0 Å². The van der Waals surface area contributed by atoms with E-state index in [1.807, 2.05) is 19.9 Å². The molecule has 15 heavy (non-hydrogen) atoms. The fourth-order valence-electron chi connectivity index (χ4n) is 1.28. The molecule has 2 rings (SSSR count). The molecular weight excluding hydrogens is 214 g/mol. The summed E-state index contributed by atoms with van der Waals surface area (Å²) < 4.78 is 1.62. The highest BCUT2D eigenvalue weighted by atomic mass is 32.1. The molecule has 6 heteroatoms. The molecule has 78 valence electrons. The van der Waals surface area contributed by atoms with Crippen LogP contribution < -0.4 is 5.11 Å². The summed E-state index contributed by atoms with van der Waals surface area (Å²) in [4.78, 5) is 14.5. The van der Waals surface area contributed by atoms with E-state index in [4.69, 9.17) is 0 Å². The number of carbonyl (C=O) groups excluding carboxylic acids is 1. The van der Waals surface area contributed by atoms with E-state index in [0.717, 1.165) is 11.4 Å². The third-order valence-electron chi connectivity index (χ3n) is 1.89. The Hall–Kier alpha value is -1.69. The van der Waals surface area contributed by atoms with Gasteiger partial charge in [0.15, 0.2) is 0 Å². The maximum atomic E-state index is 10.5. The lowest BCUT2D eigenvalue weighted by Gasteiger charge is -1.98. The van der Waals surface area contributed by atoms with E-state index < -0.39 is 5.97 Å². The predicted octanol–water partition coefficient (Wildman–Crippen LogP) is 0.309. The first-order valence-electron chi connectivity index (χ1n) is 4.28. The van der Waals surface area contributed by atoms with Crippen molar-refractivity contribution in [2.45, 2.75) is 13.8 Å². The zero-order valence-corrected chi connectivity index (χ0v) is 9.04. The van der Waals surface area contributed by atoms with Gasteiger partial charge >= 0.3 is 0 Å². The standard InChI is InChI=1S/C9H9N3O2S/c1-5-3-6(2)12(11-5)9-10-7(4-15-9)8(13)14/h3-4H,1-2H3,(H,13,14)/p-1. The van der Waals surface area contributed by atoms with Gasteiger partial charge in [0.1, 0.15) is 0 Å². The summed E-state index contributed by atoms with van der Waals surface area (Å²) in [6.07, 6.45) is 0. The number of aromatic carboxylic acids is 1. The molecule has 0 amide bonds. The average Bonchev–Trinajstić information content (AvgIpc) is 2.71. The molecule has 0 saturated heterocycles. The van der Waals surface area contributed by atoms with Crippen LogP contribution in [0.25, 0.3) is 5.13 Å². The van der Waals surface area contributed by atoms with Gasteiger partial charge in [-0.3, -0.25) is 0 Å². The van der Waals surface area contributed by atoms with Crippen LogP contribution in [-0.2, 0) is 0 Å². The van der Waals surface area contributed by atoms with Crippen LogP contribution in [0.5, 0.6) is 0 Å². The van der Waals surface area contributed by atoms with Crippen molar-refractivity contribution in [3.8, 4) is 5.13 Å². The van der Waals surface area contributed by atoms with Gasteiger partial charge in [-0.25, -0.2) is 9.67 Å². The lowest BCUT2D eigenvalue weighted by atomic mass is 10.4. The van der Waals surface area contributed by atoms with E-state index in [-0.39, 0.29) is 5.69 Å². The van der Waals surface area contributed by atoms with Crippen molar-refractivity contribution < 1.29 is 9.90 Å². The van der Waals surface area contributed by atoms with Gasteiger partial charge in [-0.15, -0.1) is 11.3 Å². The van der Waals surface area contributed by atoms with Crippen LogP contribution in [0, 0.1) is 13.8 Å². The Balaban J connectivity index is 2.45. The van der Waals surface area contributed by atoms with Crippen LogP contribution in [0.4, 0.5) is 0 Å². The number of nitrogens with zero attached hydrogens (tertiary/aromatic N) is 3. The van der Waals surface area contributed by atoms with Crippen LogP contribution >= 0.6 is 11.3 Å². The highest BCUT2D eigenvalue weighted by Crippen LogP contribution is 2.16. The summed E-state index contributed by atoms with van der Waals surface area (Å²) in [7, 11) is 0. The van der Waals surface area contributed by atoms with E-state index in [2.05, 4.69) is 10.1 Å². The molecule has 0 atom stereocenters. The van der Waals surface area contributed by atoms with Crippen molar-refractivity contribution >= 4 is 17.3 Å². The molecule has 0 saturated carbocycles. The number of rotatable bonds is 2. The summed E-state index contributed by atoms with van der Waals surface area (Å²) >= 11 is 1.23. The van der Waals surface area contributed by atoms with Crippen LogP contribution in [0.3, 0.4) is 0 Å². The molecule has 0 spiro atoms. The summed E-state index contributed by atoms with van der Waals surface area (Å²) in [6.45, 7) is 3.76. The summed E-state index contributed by atoms with van der Waals surface area (Å²) in [5.74, 6) is -1.26. The van der Waals surface area contributed by atoms with Crippen molar-refractivity contribution in [1.29, 1.82) is 0 Å². The number of aryl methyl sites for hydroxylation is 2. The lowest BCUT2D eigenvalue weighted by Crippen LogP contribution is -2.22. The topological polar surface area (TPSA) is 70.8 Å². The fourth-order valence-corrected chi connectivity index (χ4v) is 2.08. The molecule has 0 aliphatic carbocycles. The molecule has 2 heterocycles. The van der Waals surface area contributed by atoms with Crippen molar-refractivity contribution in [2.24, 2.45) is 0 Å². The van der Waals surface area contributed by atoms with Gasteiger partial charge in [0, 0.05) is 11.1 Å². The molecule has 0 aliphatic rings. The van der Waals surface area contributed by atoms with E-state index in [9.17, 15) is 9.90 Å². The minimum absolute atomic E-state index is 0.0532. The molecule has 5 nitrogen and oxygen atoms in total. The molecule has 0 aromatic carbocycles. The second-order valence-electron chi connectivity index (χ2n) is 3.14. The molecular formula is C9H8N3O2S-. The highest BCUT2D eigenvalue weighted by molar-refractivity contribution is 7.12. The number of carbonyl (C=O) groups is 1. The van der Waals surface area contributed by atoms with E-state index >= 15 is 0 Å². The van der Waals surface area contributed by atoms with Crippen LogP contribution in [0.2, 0.25) is 0 Å². The van der Waals surface area contributed by atoms with Crippen molar-refractivity contribution in [1.82, 2.24) is 14.8 Å². The van der Waals surface area contributed by atoms with Gasteiger partial charge in [0.2, 0.25) is 5.13 Å². The van der Waals surface area contributed by atoms with Crippen LogP contribution in [0.15, 0.2) is 11.4 Å². The molecule has 0 bridgehead atoms. The Labute approximate surface area is 90.0 Å². The maximum absolute atomic E-state index is 10.5. The van der Waals surface area contributed by atoms with Crippen molar-refractivity contribution in [3.63, 3.8) is 0 Å². The van der Waals surface area contributed by atoms with Gasteiger partial charge < -0.3 is 9.90 Å². The fraction of sp³-hybridized carbons (Fsp3) is 0.222. The van der Waals surface area contributed by atoms with Crippen LogP contribution in [-0.4, -0.2) is 20.7 Å². The molecule has 0 N–H and O–H groups in total. The highest BCUT2D eigenvalue weighted by Gasteiger charge is 2.08. The second-order valence-corrected chi connectivity index (χ2v) is 3.98. The van der Waals surface area contributed by atoms with E-state index in [1.165, 1.54) is 16.7 Å². The summed E-state index contributed by atoms with van der Waals surface area (Å²) in [6, 6.07) is 1.90. The number of aromatic nitrogens is 3. The molecule has 0 fully saturated rings. The first kappa shape index (κ1) is 9.85. The average molecular weight is 222 g/mol. The third-order valence-corrected chi connectivity index (χ3v) is 2.71. The largest absolute Gasteiger partial charge is 0.543 e. The number of hydrogen-bond donors (Lipinski definition) is 0. The second kappa shape index (κ2) is 3.47. The zero-order valence-electron chi connectivity index (χ0n) is 8.22. The third kappa shape index (κ3) is 1.75. The van der Waals surface area contributed by atoms with Gasteiger partial charge in [0.25, 0.3) is 0 Å². The van der Waals surface area contributed by atoms with Gasteiger partial charge in [0.05, 0.1) is 17.4 Å². The van der Waals surface area contributed by atoms with Crippen LogP contribution in [0.1, 0.15) is 21.9 Å². The van der Waals surface area contributed by atoms with Crippen molar-refractivity contribution in [3.05, 3.63) is 28.5 Å². The normalized spacial score (nSPS) is 10.5. The molecule has 0 aliphatic heterocycles. The Bertz CT molecular complexity index is 515. The zero-order chi connectivity index (χ0) is 11.0. The quantitative estimate of drug-likeness (QED) is 0.733. The Morgan fingerprint density at radius 1 is 1.53 bits per heavy atom. The van der Waals surface area contributed by atoms with Gasteiger partial charge in [-0.05, 0) is 19.9 Å². The predicted molar refractivity (Wildman–Crippen MR) is 53.0 cm³/mol. The molecule has 0 radical (unpaired) electrons. The first-order valence-corrected chi connectivity index (χ1v) is 5.16. The number of carboxylic acid groups (broad SMARTS) is 1.